The van der Waals surface area contributed by atoms with E-state index in [1.807, 2.05) is 0 Å². The number of aliphatic hydroxyl groups excluding tert-OH is 1. The Kier molecular flexibility index (Phi) is 4.19. The molecule has 0 radical (unpaired) electrons. The maximum atomic E-state index is 11.8. The molecule has 0 aromatic rings. The molecule has 2 heterocycles. The van der Waals surface area contributed by atoms with E-state index in [2.05, 4.69) is 5.32 Å². The first-order valence-corrected chi connectivity index (χ1v) is 6.59. The van der Waals surface area contributed by atoms with Crippen LogP contribution < -0.4 is 11.1 Å². The van der Waals surface area contributed by atoms with Gasteiger partial charge in [0.2, 0.25) is 5.91 Å². The number of carbonyl (C=O) groups is 2. The number of amides is 2. The number of aliphatic hydroxyl groups is 1. The fraction of sp³-hybridized carbons (Fsp3) is 0.833. The molecule has 2 unspecified atom stereocenters. The topological polar surface area (TPSA) is 95.7 Å². The number of hydrogen-bond donors (Lipinski definition) is 3. The molecule has 6 heteroatoms. The summed E-state index contributed by atoms with van der Waals surface area (Å²) in [6.45, 7) is 2.11. The predicted molar refractivity (Wildman–Crippen MR) is 65.5 cm³/mol. The third kappa shape index (κ3) is 2.81. The highest BCUT2D eigenvalue weighted by Crippen LogP contribution is 2.19. The van der Waals surface area contributed by atoms with E-state index in [4.69, 9.17) is 5.73 Å². The number of piperidine rings is 1. The van der Waals surface area contributed by atoms with Crippen LogP contribution in [0.5, 0.6) is 0 Å². The SMILES string of the molecule is NC(C[C@@H]1CCCNC1=O)C(O)C(=O)N1CCC1. The lowest BCUT2D eigenvalue weighted by Crippen LogP contribution is -2.53. The number of nitrogens with zero attached hydrogens (tertiary/aromatic N) is 1. The Morgan fingerprint density at radius 2 is 2.22 bits per heavy atom. The number of rotatable bonds is 4. The van der Waals surface area contributed by atoms with Gasteiger partial charge in [0.25, 0.3) is 5.91 Å². The van der Waals surface area contributed by atoms with Crippen molar-refractivity contribution in [2.45, 2.75) is 37.8 Å². The molecule has 4 N–H and O–H groups in total. The Balaban J connectivity index is 1.84. The number of nitrogens with two attached hydrogens (primary N) is 1. The van der Waals surface area contributed by atoms with E-state index in [0.717, 1.165) is 19.3 Å². The van der Waals surface area contributed by atoms with Gasteiger partial charge in [0.05, 0.1) is 0 Å². The first-order chi connectivity index (χ1) is 8.59. The minimum Gasteiger partial charge on any atom is -0.382 e. The zero-order chi connectivity index (χ0) is 13.1. The van der Waals surface area contributed by atoms with Gasteiger partial charge in [-0.3, -0.25) is 9.59 Å². The van der Waals surface area contributed by atoms with Crippen molar-refractivity contribution in [1.29, 1.82) is 0 Å². The van der Waals surface area contributed by atoms with Crippen molar-refractivity contribution in [3.05, 3.63) is 0 Å². The van der Waals surface area contributed by atoms with Crippen LogP contribution in [-0.2, 0) is 9.59 Å². The summed E-state index contributed by atoms with van der Waals surface area (Å²) in [4.78, 5) is 25.0. The van der Waals surface area contributed by atoms with E-state index in [9.17, 15) is 14.7 Å². The Morgan fingerprint density at radius 1 is 1.50 bits per heavy atom. The zero-order valence-corrected chi connectivity index (χ0v) is 10.5. The second-order valence-electron chi connectivity index (χ2n) is 5.15. The molecule has 102 valence electrons. The summed E-state index contributed by atoms with van der Waals surface area (Å²) in [7, 11) is 0. The normalized spacial score (nSPS) is 27.1. The van der Waals surface area contributed by atoms with Gasteiger partial charge in [-0.1, -0.05) is 0 Å². The highest BCUT2D eigenvalue weighted by Gasteiger charge is 2.33. The predicted octanol–water partition coefficient (Wildman–Crippen LogP) is -1.18. The molecule has 2 aliphatic heterocycles. The lowest BCUT2D eigenvalue weighted by Gasteiger charge is -2.34. The van der Waals surface area contributed by atoms with Crippen molar-refractivity contribution in [2.75, 3.05) is 19.6 Å². The molecular weight excluding hydrogens is 234 g/mol. The van der Waals surface area contributed by atoms with Crippen LogP contribution in [0.25, 0.3) is 0 Å². The van der Waals surface area contributed by atoms with Crippen LogP contribution in [0.4, 0.5) is 0 Å². The summed E-state index contributed by atoms with van der Waals surface area (Å²) in [5, 5.41) is 12.7. The second-order valence-corrected chi connectivity index (χ2v) is 5.15. The van der Waals surface area contributed by atoms with Crippen molar-refractivity contribution < 1.29 is 14.7 Å². The molecule has 0 aromatic carbocycles. The highest BCUT2D eigenvalue weighted by atomic mass is 16.3. The van der Waals surface area contributed by atoms with Gasteiger partial charge in [0.15, 0.2) is 0 Å². The van der Waals surface area contributed by atoms with Crippen LogP contribution in [0, 0.1) is 5.92 Å². The Morgan fingerprint density at radius 3 is 2.78 bits per heavy atom. The minimum absolute atomic E-state index is 0.0136. The van der Waals surface area contributed by atoms with Crippen LogP contribution in [-0.4, -0.2) is 53.6 Å². The van der Waals surface area contributed by atoms with E-state index in [1.54, 1.807) is 4.90 Å². The van der Waals surface area contributed by atoms with Gasteiger partial charge >= 0.3 is 0 Å². The zero-order valence-electron chi connectivity index (χ0n) is 10.5. The third-order valence-electron chi connectivity index (χ3n) is 3.78. The van der Waals surface area contributed by atoms with Gasteiger partial charge in [-0.25, -0.2) is 0 Å². The van der Waals surface area contributed by atoms with Gasteiger partial charge in [-0.2, -0.15) is 0 Å². The molecule has 3 atom stereocenters. The summed E-state index contributed by atoms with van der Waals surface area (Å²) in [5.74, 6) is -0.488. The summed E-state index contributed by atoms with van der Waals surface area (Å²) < 4.78 is 0. The van der Waals surface area contributed by atoms with Crippen LogP contribution >= 0.6 is 0 Å². The van der Waals surface area contributed by atoms with Gasteiger partial charge in [-0.05, 0) is 25.7 Å². The molecule has 0 aromatic heterocycles. The minimum atomic E-state index is -1.18. The standard InChI is InChI=1S/C12H21N3O3/c13-9(7-8-3-1-4-14-11(8)17)10(16)12(18)15-5-2-6-15/h8-10,16H,1-7,13H2,(H,14,17)/t8-,9?,10?/m0/s1. The lowest BCUT2D eigenvalue weighted by atomic mass is 9.89. The third-order valence-corrected chi connectivity index (χ3v) is 3.78. The molecule has 2 amide bonds. The van der Waals surface area contributed by atoms with Crippen LogP contribution in [0.2, 0.25) is 0 Å². The van der Waals surface area contributed by atoms with Gasteiger partial charge in [0.1, 0.15) is 6.10 Å². The number of hydrogen-bond acceptors (Lipinski definition) is 4. The Labute approximate surface area is 107 Å². The van der Waals surface area contributed by atoms with Gasteiger partial charge in [0, 0.05) is 31.6 Å². The molecule has 6 nitrogen and oxygen atoms in total. The van der Waals surface area contributed by atoms with Crippen LogP contribution in [0.15, 0.2) is 0 Å². The fourth-order valence-electron chi connectivity index (χ4n) is 2.42. The fourth-order valence-corrected chi connectivity index (χ4v) is 2.42. The Bertz CT molecular complexity index is 331. The van der Waals surface area contributed by atoms with Crippen molar-refractivity contribution >= 4 is 11.8 Å². The number of nitrogens with one attached hydrogen (secondary N) is 1. The smallest absolute Gasteiger partial charge is 0.253 e. The first-order valence-electron chi connectivity index (χ1n) is 6.59. The monoisotopic (exact) mass is 255 g/mol. The number of carbonyl (C=O) groups excluding carboxylic acids is 2. The lowest BCUT2D eigenvalue weighted by molar-refractivity contribution is -0.145. The van der Waals surface area contributed by atoms with E-state index < -0.39 is 12.1 Å². The summed E-state index contributed by atoms with van der Waals surface area (Å²) >= 11 is 0. The Hall–Kier alpha value is -1.14. The molecule has 18 heavy (non-hydrogen) atoms. The van der Waals surface area contributed by atoms with Gasteiger partial charge < -0.3 is 21.1 Å². The van der Waals surface area contributed by atoms with Crippen LogP contribution in [0.3, 0.4) is 0 Å². The molecule has 2 fully saturated rings. The molecular formula is C12H21N3O3. The van der Waals surface area contributed by atoms with E-state index >= 15 is 0 Å². The van der Waals surface area contributed by atoms with E-state index in [0.29, 0.717) is 26.1 Å². The highest BCUT2D eigenvalue weighted by molar-refractivity contribution is 5.82. The molecule has 2 aliphatic rings. The van der Waals surface area contributed by atoms with E-state index in [1.165, 1.54) is 0 Å². The van der Waals surface area contributed by atoms with Crippen molar-refractivity contribution in [3.63, 3.8) is 0 Å². The van der Waals surface area contributed by atoms with Gasteiger partial charge in [-0.15, -0.1) is 0 Å². The maximum Gasteiger partial charge on any atom is 0.253 e. The van der Waals surface area contributed by atoms with Crippen molar-refractivity contribution in [3.8, 4) is 0 Å². The van der Waals surface area contributed by atoms with E-state index in [-0.39, 0.29) is 17.7 Å². The summed E-state index contributed by atoms with van der Waals surface area (Å²) in [5.41, 5.74) is 5.85. The molecule has 2 rings (SSSR count). The number of likely N-dealkylation sites (tertiary alicyclic amines) is 1. The average Bonchev–Trinajstić information content (AvgIpc) is 2.28. The summed E-state index contributed by atoms with van der Waals surface area (Å²) in [6, 6.07) is -0.660. The summed E-state index contributed by atoms with van der Waals surface area (Å²) in [6.07, 6.45) is 1.88. The van der Waals surface area contributed by atoms with Crippen LogP contribution in [0.1, 0.15) is 25.7 Å². The molecule has 0 spiro atoms. The molecule has 0 aliphatic carbocycles. The van der Waals surface area contributed by atoms with Crippen molar-refractivity contribution in [2.24, 2.45) is 11.7 Å². The first kappa shape index (κ1) is 13.3. The largest absolute Gasteiger partial charge is 0.382 e. The van der Waals surface area contributed by atoms with Crippen molar-refractivity contribution in [1.82, 2.24) is 10.2 Å². The molecule has 0 saturated carbocycles. The molecule has 2 saturated heterocycles. The molecule has 0 bridgehead atoms. The second kappa shape index (κ2) is 5.67. The quantitative estimate of drug-likeness (QED) is 0.589. The maximum absolute atomic E-state index is 11.8. The average molecular weight is 255 g/mol.